The standard InChI is InChI=1S/2C17H11BrN.C11H6BrFN.C11H7BrN.C11H7ClN.C11H7IN.6Ir/c18-16-12-14(17-8-4-5-11-19-17)9-10-15(16)13-6-2-1-3-7-13;18-16-8-4-7-15(11-16)17-12-14(9-10-19-17)13-5-2-1-3-6-13;12-9-7-8(4-5-10(9)13)11-3-1-2-6-14-11;3*12-10-5-3-4-9(8-10)11-6-1-2-7-13-11;;;;;;/h1-8,10-12H;1-6,8-12H;1-3,5-7H;3*1-3,5-8H;;;;;;/q6*-1;;;;;;. The molecule has 0 aliphatic rings. The number of nitrogens with zero attached hydrogens (tertiary/aromatic N) is 6. The van der Waals surface area contributed by atoms with Crippen molar-refractivity contribution < 1.29 is 125 Å². The van der Waals surface area contributed by atoms with E-state index >= 15 is 0 Å². The molecule has 14 aromatic rings. The van der Waals surface area contributed by atoms with Crippen molar-refractivity contribution in [1.29, 1.82) is 0 Å². The Labute approximate surface area is 700 Å². The van der Waals surface area contributed by atoms with Gasteiger partial charge in [-0.25, -0.2) is 0 Å². The Morgan fingerprint density at radius 3 is 1.07 bits per heavy atom. The summed E-state index contributed by atoms with van der Waals surface area (Å²) in [6.07, 6.45) is 10.7. The van der Waals surface area contributed by atoms with Crippen LogP contribution in [0, 0.1) is 45.8 Å². The number of benzene rings is 8. The Morgan fingerprint density at radius 1 is 0.309 bits per heavy atom. The van der Waals surface area contributed by atoms with Gasteiger partial charge < -0.3 is 29.9 Å². The van der Waals surface area contributed by atoms with Crippen LogP contribution in [0.15, 0.2) is 316 Å². The molecule has 14 rings (SSSR count). The molecule has 97 heavy (non-hydrogen) atoms. The van der Waals surface area contributed by atoms with E-state index in [1.165, 1.54) is 26.3 Å². The maximum atomic E-state index is 12.9. The smallest absolute Gasteiger partial charge is 0.0518 e. The number of hydrogen-bond acceptors (Lipinski definition) is 6. The summed E-state index contributed by atoms with van der Waals surface area (Å²) in [6.45, 7) is 0. The summed E-state index contributed by atoms with van der Waals surface area (Å²) in [5, 5.41) is 0.708. The van der Waals surface area contributed by atoms with Gasteiger partial charge in [-0.05, 0) is 91.2 Å². The Hall–Kier alpha value is -4.57. The first kappa shape index (κ1) is 86.6. The summed E-state index contributed by atoms with van der Waals surface area (Å²) in [5.41, 5.74) is 15.9. The molecule has 6 aromatic heterocycles. The molecule has 0 amide bonds. The molecule has 500 valence electrons. The fourth-order valence-corrected chi connectivity index (χ4v) is 10.7. The van der Waals surface area contributed by atoms with E-state index in [-0.39, 0.29) is 126 Å². The van der Waals surface area contributed by atoms with Gasteiger partial charge in [0.25, 0.3) is 0 Å². The van der Waals surface area contributed by atoms with E-state index in [9.17, 15) is 4.39 Å². The van der Waals surface area contributed by atoms with Gasteiger partial charge in [0, 0.05) is 158 Å². The molecule has 0 aliphatic carbocycles. The van der Waals surface area contributed by atoms with Crippen molar-refractivity contribution in [1.82, 2.24) is 29.9 Å². The van der Waals surface area contributed by atoms with Crippen LogP contribution in [0.5, 0.6) is 0 Å². The van der Waals surface area contributed by atoms with Crippen LogP contribution in [-0.4, -0.2) is 29.9 Å². The molecule has 0 saturated carbocycles. The van der Waals surface area contributed by atoms with Crippen LogP contribution in [-0.2, 0) is 121 Å². The van der Waals surface area contributed by atoms with Gasteiger partial charge in [-0.1, -0.05) is 242 Å². The molecule has 0 saturated heterocycles. The summed E-state index contributed by atoms with van der Waals surface area (Å²) in [5.74, 6) is -0.315. The van der Waals surface area contributed by atoms with Gasteiger partial charge in [-0.3, -0.25) is 4.39 Å². The minimum atomic E-state index is -0.315. The molecular weight excluding hydrogens is 2680 g/mol. The van der Waals surface area contributed by atoms with Crippen molar-refractivity contribution in [3.8, 4) is 89.8 Å². The normalized spacial score (nSPS) is 9.52. The molecule has 6 nitrogen and oxygen atoms in total. The van der Waals surface area contributed by atoms with Crippen molar-refractivity contribution in [2.24, 2.45) is 0 Å². The van der Waals surface area contributed by atoms with E-state index in [2.05, 4.69) is 195 Å². The molecule has 8 aromatic carbocycles. The summed E-state index contributed by atoms with van der Waals surface area (Å²) < 4.78 is 17.7. The first-order valence-corrected chi connectivity index (χ1v) is 32.6. The maximum Gasteiger partial charge on any atom is 0.0518 e. The van der Waals surface area contributed by atoms with Gasteiger partial charge in [-0.15, -0.1) is 178 Å². The van der Waals surface area contributed by atoms with Gasteiger partial charge in [0.2, 0.25) is 0 Å². The van der Waals surface area contributed by atoms with Gasteiger partial charge in [-0.2, -0.15) is 0 Å². The van der Waals surface area contributed by atoms with E-state index in [0.29, 0.717) is 9.50 Å². The molecule has 0 bridgehead atoms. The van der Waals surface area contributed by atoms with Gasteiger partial charge >= 0.3 is 0 Å². The summed E-state index contributed by atoms with van der Waals surface area (Å²) in [4.78, 5) is 25.6. The van der Waals surface area contributed by atoms with Crippen molar-refractivity contribution in [2.45, 2.75) is 0 Å². The third kappa shape index (κ3) is 28.8. The summed E-state index contributed by atoms with van der Waals surface area (Å²) >= 11 is 21.8. The van der Waals surface area contributed by atoms with E-state index in [4.69, 9.17) is 11.6 Å². The van der Waals surface area contributed by atoms with Gasteiger partial charge in [0.1, 0.15) is 0 Å². The van der Waals surface area contributed by atoms with E-state index in [1.54, 1.807) is 49.2 Å². The van der Waals surface area contributed by atoms with E-state index < -0.39 is 0 Å². The Balaban J connectivity index is 0.000000302. The van der Waals surface area contributed by atoms with Crippen molar-refractivity contribution >= 4 is 97.9 Å². The molecule has 19 heteroatoms. The predicted octanol–water partition coefficient (Wildman–Crippen LogP) is 23.1. The third-order valence-electron chi connectivity index (χ3n) is 12.7. The monoisotopic (exact) mass is 2720 g/mol. The number of rotatable bonds is 8. The number of halogens is 7. The SMILES string of the molecule is Brc1cc(-c2ccccn2)[c-]cc1-c1ccccc1.Brc1cc[c-]c(-c2cc(-c3ccccc3)ccn2)c1.Brc1cc[c-]c(-c2ccccn2)c1.Clc1cc[c-]c(-c2ccccn2)c1.Fc1c[c-]c(-c2ccccn2)cc1Br.Ic1cc[c-]c(-c2ccccn2)c1.[Ir].[Ir].[Ir].[Ir].[Ir].[Ir]. The first-order chi connectivity index (χ1) is 44.5. The fourth-order valence-electron chi connectivity index (χ4n) is 8.39. The number of hydrogen-bond donors (Lipinski definition) is 0. The van der Waals surface area contributed by atoms with Crippen LogP contribution >= 0.6 is 97.9 Å². The fraction of sp³-hybridized carbons (Fsp3) is 0. The molecule has 0 unspecified atom stereocenters. The van der Waals surface area contributed by atoms with Crippen molar-refractivity contribution in [3.05, 3.63) is 367 Å². The number of pyridine rings is 6. The third-order valence-corrected chi connectivity index (χ3v) is 15.9. The quantitative estimate of drug-likeness (QED) is 0.111. The maximum absolute atomic E-state index is 12.9. The molecule has 0 spiro atoms. The minimum absolute atomic E-state index is 0. The van der Waals surface area contributed by atoms with E-state index in [0.717, 1.165) is 86.5 Å². The first-order valence-electron chi connectivity index (χ1n) is 27.9. The zero-order chi connectivity index (χ0) is 63.4. The average Bonchev–Trinajstić information content (AvgIpc) is 0.884. The molecule has 0 aliphatic heterocycles. The zero-order valence-corrected chi connectivity index (χ0v) is 73.7. The topological polar surface area (TPSA) is 77.3 Å². The molecule has 0 N–H and O–H groups in total. The Morgan fingerprint density at radius 2 is 0.670 bits per heavy atom. The summed E-state index contributed by atoms with van der Waals surface area (Å²) in [6, 6.07) is 103. The molecule has 6 radical (unpaired) electrons. The Bertz CT molecular complexity index is 4340. The second-order valence-electron chi connectivity index (χ2n) is 19.1. The van der Waals surface area contributed by atoms with Crippen LogP contribution in [0.4, 0.5) is 4.39 Å². The predicted molar refractivity (Wildman–Crippen MR) is 390 cm³/mol. The molecule has 6 heterocycles. The van der Waals surface area contributed by atoms with Crippen LogP contribution in [0.1, 0.15) is 0 Å². The number of aromatic nitrogens is 6. The van der Waals surface area contributed by atoms with Crippen LogP contribution in [0.2, 0.25) is 5.02 Å². The molecule has 0 fully saturated rings. The van der Waals surface area contributed by atoms with E-state index in [1.807, 2.05) is 200 Å². The minimum Gasteiger partial charge on any atom is -0.305 e. The van der Waals surface area contributed by atoms with Crippen LogP contribution in [0.25, 0.3) is 89.8 Å². The average molecular weight is 2720 g/mol. The second-order valence-corrected chi connectivity index (χ2v) is 24.3. The molecular formula is C78H49Br4ClFIIr6N6-6. The van der Waals surface area contributed by atoms with Gasteiger partial charge in [0.05, 0.1) is 5.82 Å². The van der Waals surface area contributed by atoms with Crippen molar-refractivity contribution in [2.75, 3.05) is 0 Å². The van der Waals surface area contributed by atoms with Crippen LogP contribution in [0.3, 0.4) is 0 Å². The zero-order valence-electron chi connectivity index (χ0n) is 50.1. The van der Waals surface area contributed by atoms with Crippen molar-refractivity contribution in [3.63, 3.8) is 0 Å². The summed E-state index contributed by atoms with van der Waals surface area (Å²) in [7, 11) is 0. The second kappa shape index (κ2) is 47.5. The van der Waals surface area contributed by atoms with Gasteiger partial charge in [0.15, 0.2) is 0 Å². The molecule has 0 atom stereocenters. The Kier molecular flexibility index (Phi) is 42.4. The van der Waals surface area contributed by atoms with Crippen LogP contribution < -0.4 is 0 Å². The largest absolute Gasteiger partial charge is 0.305 e.